The van der Waals surface area contributed by atoms with Crippen LogP contribution in [0.4, 0.5) is 0 Å². The summed E-state index contributed by atoms with van der Waals surface area (Å²) in [4.78, 5) is 0. The van der Waals surface area contributed by atoms with E-state index in [1.807, 2.05) is 12.1 Å². The van der Waals surface area contributed by atoms with E-state index in [0.717, 1.165) is 12.1 Å². The maximum absolute atomic E-state index is 9.45. The lowest BCUT2D eigenvalue weighted by Gasteiger charge is -2.17. The van der Waals surface area contributed by atoms with Gasteiger partial charge in [0.05, 0.1) is 0 Å². The summed E-state index contributed by atoms with van der Waals surface area (Å²) in [7, 11) is 0. The van der Waals surface area contributed by atoms with Crippen LogP contribution in [0, 0.1) is 13.8 Å². The van der Waals surface area contributed by atoms with Gasteiger partial charge in [-0.25, -0.2) is 0 Å². The van der Waals surface area contributed by atoms with Crippen molar-refractivity contribution in [1.29, 1.82) is 0 Å². The molecule has 0 spiro atoms. The quantitative estimate of drug-likeness (QED) is 0.869. The summed E-state index contributed by atoms with van der Waals surface area (Å²) in [5.74, 6) is 0.318. The highest BCUT2D eigenvalue weighted by molar-refractivity contribution is 5.33. The van der Waals surface area contributed by atoms with Crippen molar-refractivity contribution in [2.24, 2.45) is 0 Å². The first-order chi connectivity index (χ1) is 9.06. The van der Waals surface area contributed by atoms with Crippen LogP contribution in [0.15, 0.2) is 42.5 Å². The monoisotopic (exact) mass is 255 g/mol. The molecule has 0 fully saturated rings. The smallest absolute Gasteiger partial charge is 0.115 e. The van der Waals surface area contributed by atoms with Crippen LogP contribution in [0.1, 0.15) is 35.2 Å². The van der Waals surface area contributed by atoms with E-state index >= 15 is 0 Å². The molecule has 2 nitrogen and oxygen atoms in total. The van der Waals surface area contributed by atoms with Crippen LogP contribution < -0.4 is 5.32 Å². The van der Waals surface area contributed by atoms with Gasteiger partial charge in [-0.05, 0) is 49.6 Å². The highest BCUT2D eigenvalue weighted by atomic mass is 16.3. The molecule has 0 aliphatic rings. The molecule has 2 aromatic rings. The summed E-state index contributed by atoms with van der Waals surface area (Å²) in [6, 6.07) is 14.2. The summed E-state index contributed by atoms with van der Waals surface area (Å²) in [6.07, 6.45) is 0. The predicted molar refractivity (Wildman–Crippen MR) is 79.3 cm³/mol. The number of nitrogens with one attached hydrogen (secondary N) is 1. The largest absolute Gasteiger partial charge is 0.508 e. The molecule has 2 N–H and O–H groups in total. The Hall–Kier alpha value is -1.80. The predicted octanol–water partition coefficient (Wildman–Crippen LogP) is 3.86. The van der Waals surface area contributed by atoms with Crippen LogP contribution in [0.3, 0.4) is 0 Å². The minimum absolute atomic E-state index is 0.294. The minimum atomic E-state index is 0.294. The Morgan fingerprint density at radius 1 is 1.11 bits per heavy atom. The molecule has 2 aromatic carbocycles. The number of aromatic hydroxyl groups is 1. The molecule has 100 valence electrons. The Labute approximate surface area is 115 Å². The van der Waals surface area contributed by atoms with Crippen LogP contribution in [0.25, 0.3) is 0 Å². The van der Waals surface area contributed by atoms with E-state index in [-0.39, 0.29) is 0 Å². The van der Waals surface area contributed by atoms with Gasteiger partial charge in [0.1, 0.15) is 5.75 Å². The van der Waals surface area contributed by atoms with Crippen molar-refractivity contribution in [2.45, 2.75) is 33.4 Å². The Morgan fingerprint density at radius 2 is 1.89 bits per heavy atom. The molecule has 0 aliphatic heterocycles. The van der Waals surface area contributed by atoms with Gasteiger partial charge in [-0.3, -0.25) is 0 Å². The number of hydrogen-bond donors (Lipinski definition) is 2. The molecular formula is C17H21NO. The molecule has 0 heterocycles. The minimum Gasteiger partial charge on any atom is -0.508 e. The first-order valence-electron chi connectivity index (χ1n) is 6.64. The first kappa shape index (κ1) is 13.6. The molecule has 0 amide bonds. The van der Waals surface area contributed by atoms with E-state index in [0.29, 0.717) is 11.8 Å². The third-order valence-corrected chi connectivity index (χ3v) is 3.42. The van der Waals surface area contributed by atoms with Gasteiger partial charge >= 0.3 is 0 Å². The second-order valence-electron chi connectivity index (χ2n) is 5.13. The summed E-state index contributed by atoms with van der Waals surface area (Å²) in [6.45, 7) is 7.18. The number of rotatable bonds is 4. The van der Waals surface area contributed by atoms with Crippen LogP contribution in [-0.4, -0.2) is 5.11 Å². The van der Waals surface area contributed by atoms with Crippen LogP contribution in [0.5, 0.6) is 5.75 Å². The lowest BCUT2D eigenvalue weighted by Crippen LogP contribution is -2.19. The normalized spacial score (nSPS) is 12.4. The first-order valence-corrected chi connectivity index (χ1v) is 6.64. The zero-order chi connectivity index (χ0) is 13.8. The van der Waals surface area contributed by atoms with Gasteiger partial charge in [0.2, 0.25) is 0 Å². The van der Waals surface area contributed by atoms with Gasteiger partial charge in [-0.15, -0.1) is 0 Å². The SMILES string of the molecule is Cc1ccc(C)c(C(C)NCc2cccc(O)c2)c1. The molecular weight excluding hydrogens is 234 g/mol. The van der Waals surface area contributed by atoms with E-state index in [9.17, 15) is 5.11 Å². The lowest BCUT2D eigenvalue weighted by atomic mass is 10.00. The number of benzene rings is 2. The highest BCUT2D eigenvalue weighted by Gasteiger charge is 2.08. The molecule has 2 rings (SSSR count). The van der Waals surface area contributed by atoms with E-state index in [2.05, 4.69) is 44.3 Å². The van der Waals surface area contributed by atoms with Crippen LogP contribution in [0.2, 0.25) is 0 Å². The Morgan fingerprint density at radius 3 is 2.63 bits per heavy atom. The third-order valence-electron chi connectivity index (χ3n) is 3.42. The van der Waals surface area contributed by atoms with E-state index in [4.69, 9.17) is 0 Å². The van der Waals surface area contributed by atoms with Crippen LogP contribution >= 0.6 is 0 Å². The zero-order valence-electron chi connectivity index (χ0n) is 11.8. The number of aryl methyl sites for hydroxylation is 2. The summed E-state index contributed by atoms with van der Waals surface area (Å²) in [5.41, 5.74) is 5.02. The highest BCUT2D eigenvalue weighted by Crippen LogP contribution is 2.19. The van der Waals surface area contributed by atoms with E-state index < -0.39 is 0 Å². The zero-order valence-corrected chi connectivity index (χ0v) is 11.8. The average molecular weight is 255 g/mol. The van der Waals surface area contributed by atoms with Gasteiger partial charge in [0, 0.05) is 12.6 Å². The molecule has 0 saturated carbocycles. The van der Waals surface area contributed by atoms with Crippen molar-refractivity contribution in [3.8, 4) is 5.75 Å². The van der Waals surface area contributed by atoms with Crippen molar-refractivity contribution in [3.63, 3.8) is 0 Å². The van der Waals surface area contributed by atoms with Crippen molar-refractivity contribution in [1.82, 2.24) is 5.32 Å². The van der Waals surface area contributed by atoms with E-state index in [1.165, 1.54) is 16.7 Å². The molecule has 0 saturated heterocycles. The summed E-state index contributed by atoms with van der Waals surface area (Å²) in [5, 5.41) is 12.9. The Bertz CT molecular complexity index is 563. The topological polar surface area (TPSA) is 32.3 Å². The van der Waals surface area contributed by atoms with Gasteiger partial charge in [0.25, 0.3) is 0 Å². The molecule has 1 unspecified atom stereocenters. The maximum atomic E-state index is 9.45. The summed E-state index contributed by atoms with van der Waals surface area (Å²) < 4.78 is 0. The third kappa shape index (κ3) is 3.58. The van der Waals surface area contributed by atoms with Gasteiger partial charge in [-0.1, -0.05) is 35.9 Å². The number of phenolic OH excluding ortho intramolecular Hbond substituents is 1. The van der Waals surface area contributed by atoms with Crippen molar-refractivity contribution < 1.29 is 5.11 Å². The van der Waals surface area contributed by atoms with Crippen molar-refractivity contribution in [3.05, 3.63) is 64.7 Å². The fourth-order valence-electron chi connectivity index (χ4n) is 2.27. The standard InChI is InChI=1S/C17H21NO/c1-12-7-8-13(2)17(9-12)14(3)18-11-15-5-4-6-16(19)10-15/h4-10,14,18-19H,11H2,1-3H3. The molecule has 0 aromatic heterocycles. The molecule has 1 atom stereocenters. The molecule has 19 heavy (non-hydrogen) atoms. The Kier molecular flexibility index (Phi) is 4.23. The molecule has 2 heteroatoms. The lowest BCUT2D eigenvalue weighted by molar-refractivity contribution is 0.473. The molecule has 0 aliphatic carbocycles. The van der Waals surface area contributed by atoms with Gasteiger partial charge in [-0.2, -0.15) is 0 Å². The Balaban J connectivity index is 2.05. The molecule has 0 radical (unpaired) electrons. The van der Waals surface area contributed by atoms with Crippen molar-refractivity contribution >= 4 is 0 Å². The van der Waals surface area contributed by atoms with Crippen molar-refractivity contribution in [2.75, 3.05) is 0 Å². The second-order valence-corrected chi connectivity index (χ2v) is 5.13. The number of phenols is 1. The van der Waals surface area contributed by atoms with Gasteiger partial charge in [0.15, 0.2) is 0 Å². The maximum Gasteiger partial charge on any atom is 0.115 e. The van der Waals surface area contributed by atoms with Gasteiger partial charge < -0.3 is 10.4 Å². The van der Waals surface area contributed by atoms with Crippen LogP contribution in [-0.2, 0) is 6.54 Å². The molecule has 0 bridgehead atoms. The second kappa shape index (κ2) is 5.89. The average Bonchev–Trinajstić information content (AvgIpc) is 2.39. The number of hydrogen-bond acceptors (Lipinski definition) is 2. The fraction of sp³-hybridized carbons (Fsp3) is 0.294. The van der Waals surface area contributed by atoms with E-state index in [1.54, 1.807) is 12.1 Å². The fourth-order valence-corrected chi connectivity index (χ4v) is 2.27. The summed E-state index contributed by atoms with van der Waals surface area (Å²) >= 11 is 0.